The Morgan fingerprint density at radius 1 is 1.27 bits per heavy atom. The first-order valence-electron chi connectivity index (χ1n) is 8.84. The van der Waals surface area contributed by atoms with Gasteiger partial charge in [-0.1, -0.05) is 26.0 Å². The molecule has 1 atom stereocenters. The van der Waals surface area contributed by atoms with Gasteiger partial charge in [-0.15, -0.1) is 0 Å². The Morgan fingerprint density at radius 2 is 1.92 bits per heavy atom. The molecule has 0 bridgehead atoms. The molecule has 0 fully saturated rings. The van der Waals surface area contributed by atoms with E-state index in [-0.39, 0.29) is 16.7 Å². The lowest BCUT2D eigenvalue weighted by atomic mass is 9.86. The van der Waals surface area contributed by atoms with Gasteiger partial charge in [0.25, 0.3) is 0 Å². The van der Waals surface area contributed by atoms with Gasteiger partial charge in [0.15, 0.2) is 9.84 Å². The molecule has 3 rings (SSSR count). The van der Waals surface area contributed by atoms with Gasteiger partial charge in [0.1, 0.15) is 5.82 Å². The van der Waals surface area contributed by atoms with E-state index in [4.69, 9.17) is 0 Å². The average molecular weight is 375 g/mol. The quantitative estimate of drug-likeness (QED) is 0.871. The Balaban J connectivity index is 2.00. The number of rotatable bonds is 5. The van der Waals surface area contributed by atoms with Gasteiger partial charge in [-0.2, -0.15) is 5.10 Å². The molecule has 2 heterocycles. The number of carbonyl (C=O) groups excluding carboxylic acids is 1. The van der Waals surface area contributed by atoms with Crippen LogP contribution in [-0.2, 0) is 21.2 Å². The molecule has 1 aliphatic heterocycles. The zero-order valence-corrected chi connectivity index (χ0v) is 16.4. The van der Waals surface area contributed by atoms with E-state index in [1.54, 1.807) is 24.3 Å². The van der Waals surface area contributed by atoms with Crippen LogP contribution in [0.5, 0.6) is 0 Å². The number of sulfone groups is 1. The minimum absolute atomic E-state index is 0.0413. The zero-order chi connectivity index (χ0) is 19.1. The summed E-state index contributed by atoms with van der Waals surface area (Å²) in [5.41, 5.74) is 2.86. The highest BCUT2D eigenvalue weighted by atomic mass is 32.2. The van der Waals surface area contributed by atoms with E-state index in [9.17, 15) is 13.2 Å². The van der Waals surface area contributed by atoms with Crippen molar-refractivity contribution in [2.75, 3.05) is 11.6 Å². The Hall–Kier alpha value is -2.15. The standard InChI is InChI=1S/C19H25N3O3S/c1-12(2)9-10-22-19-18(13(3)21-22)16(11-17(23)20-19)14-5-7-15(8-6-14)26(4,24)25/h5-8,12,16H,9-11H2,1-4H3,(H,20,23). The van der Waals surface area contributed by atoms with Gasteiger partial charge in [-0.3, -0.25) is 4.79 Å². The molecule has 1 amide bonds. The molecular formula is C19H25N3O3S. The maximum Gasteiger partial charge on any atom is 0.226 e. The van der Waals surface area contributed by atoms with Crippen LogP contribution in [0.3, 0.4) is 0 Å². The lowest BCUT2D eigenvalue weighted by molar-refractivity contribution is -0.116. The van der Waals surface area contributed by atoms with E-state index in [0.29, 0.717) is 12.3 Å². The smallest absolute Gasteiger partial charge is 0.226 e. The minimum Gasteiger partial charge on any atom is -0.311 e. The summed E-state index contributed by atoms with van der Waals surface area (Å²) in [6, 6.07) is 6.81. The van der Waals surface area contributed by atoms with E-state index >= 15 is 0 Å². The maximum absolute atomic E-state index is 12.3. The summed E-state index contributed by atoms with van der Waals surface area (Å²) in [7, 11) is -3.24. The molecule has 140 valence electrons. The number of amides is 1. The Bertz CT molecular complexity index is 928. The molecule has 0 saturated carbocycles. The van der Waals surface area contributed by atoms with Crippen molar-refractivity contribution in [3.8, 4) is 0 Å². The Kier molecular flexibility index (Phi) is 4.92. The number of nitrogens with one attached hydrogen (secondary N) is 1. The highest BCUT2D eigenvalue weighted by Gasteiger charge is 2.32. The summed E-state index contributed by atoms with van der Waals surface area (Å²) in [5, 5.41) is 7.61. The van der Waals surface area contributed by atoms with Crippen molar-refractivity contribution in [3.05, 3.63) is 41.1 Å². The first-order chi connectivity index (χ1) is 12.2. The molecule has 1 aromatic carbocycles. The van der Waals surface area contributed by atoms with Crippen molar-refractivity contribution >= 4 is 21.6 Å². The number of hydrogen-bond acceptors (Lipinski definition) is 4. The lowest BCUT2D eigenvalue weighted by Gasteiger charge is -2.24. The molecule has 0 spiro atoms. The summed E-state index contributed by atoms with van der Waals surface area (Å²) >= 11 is 0. The predicted molar refractivity (Wildman–Crippen MR) is 101 cm³/mol. The van der Waals surface area contributed by atoms with Crippen LogP contribution in [0.15, 0.2) is 29.2 Å². The third-order valence-electron chi connectivity index (χ3n) is 4.80. The van der Waals surface area contributed by atoms with E-state index in [2.05, 4.69) is 24.3 Å². The van der Waals surface area contributed by atoms with E-state index < -0.39 is 9.84 Å². The van der Waals surface area contributed by atoms with Crippen LogP contribution in [-0.4, -0.2) is 30.4 Å². The van der Waals surface area contributed by atoms with Crippen LogP contribution in [0.4, 0.5) is 5.82 Å². The molecule has 2 aromatic rings. The number of benzene rings is 1. The second-order valence-corrected chi connectivity index (χ2v) is 9.42. The molecule has 6 nitrogen and oxygen atoms in total. The topological polar surface area (TPSA) is 81.1 Å². The second kappa shape index (κ2) is 6.87. The van der Waals surface area contributed by atoms with Gasteiger partial charge in [0.05, 0.1) is 10.6 Å². The first-order valence-corrected chi connectivity index (χ1v) is 10.7. The molecule has 7 heteroatoms. The number of aryl methyl sites for hydroxylation is 2. The van der Waals surface area contributed by atoms with E-state index in [1.807, 2.05) is 11.6 Å². The molecule has 1 aromatic heterocycles. The number of fused-ring (bicyclic) bond motifs is 1. The number of carbonyl (C=O) groups is 1. The highest BCUT2D eigenvalue weighted by Crippen LogP contribution is 2.39. The molecule has 1 N–H and O–H groups in total. The van der Waals surface area contributed by atoms with Crippen LogP contribution < -0.4 is 5.32 Å². The van der Waals surface area contributed by atoms with Gasteiger partial charge in [-0.05, 0) is 37.0 Å². The summed E-state index contributed by atoms with van der Waals surface area (Å²) < 4.78 is 25.2. The normalized spacial score (nSPS) is 17.3. The number of anilines is 1. The number of hydrogen-bond donors (Lipinski definition) is 1. The summed E-state index contributed by atoms with van der Waals surface area (Å²) in [4.78, 5) is 12.6. The SMILES string of the molecule is Cc1nn(CCC(C)C)c2c1C(c1ccc(S(C)(=O)=O)cc1)CC(=O)N2. The van der Waals surface area contributed by atoms with Crippen LogP contribution in [0.1, 0.15) is 49.4 Å². The summed E-state index contributed by atoms with van der Waals surface area (Å²) in [6.45, 7) is 7.04. The molecule has 26 heavy (non-hydrogen) atoms. The van der Waals surface area contributed by atoms with Crippen molar-refractivity contribution in [3.63, 3.8) is 0 Å². The number of aromatic nitrogens is 2. The fourth-order valence-electron chi connectivity index (χ4n) is 3.39. The largest absolute Gasteiger partial charge is 0.311 e. The van der Waals surface area contributed by atoms with Crippen molar-refractivity contribution in [1.29, 1.82) is 0 Å². The van der Waals surface area contributed by atoms with Gasteiger partial charge < -0.3 is 5.32 Å². The monoisotopic (exact) mass is 375 g/mol. The fraction of sp³-hybridized carbons (Fsp3) is 0.474. The van der Waals surface area contributed by atoms with Crippen molar-refractivity contribution in [1.82, 2.24) is 9.78 Å². The van der Waals surface area contributed by atoms with Crippen molar-refractivity contribution in [2.45, 2.75) is 51.0 Å². The zero-order valence-electron chi connectivity index (χ0n) is 15.6. The summed E-state index contributed by atoms with van der Waals surface area (Å²) in [5.74, 6) is 1.17. The molecule has 1 unspecified atom stereocenters. The van der Waals surface area contributed by atoms with E-state index in [0.717, 1.165) is 35.6 Å². The Labute approximate surface area is 154 Å². The summed E-state index contributed by atoms with van der Waals surface area (Å²) in [6.07, 6.45) is 2.51. The van der Waals surface area contributed by atoms with Gasteiger partial charge in [0, 0.05) is 30.7 Å². The van der Waals surface area contributed by atoms with Gasteiger partial charge in [-0.25, -0.2) is 13.1 Å². The third-order valence-corrected chi connectivity index (χ3v) is 5.93. The van der Waals surface area contributed by atoms with Gasteiger partial charge >= 0.3 is 0 Å². The lowest BCUT2D eigenvalue weighted by Crippen LogP contribution is -2.25. The maximum atomic E-state index is 12.3. The third kappa shape index (κ3) is 3.67. The fourth-order valence-corrected chi connectivity index (χ4v) is 4.02. The van der Waals surface area contributed by atoms with Crippen LogP contribution >= 0.6 is 0 Å². The molecule has 0 aliphatic carbocycles. The van der Waals surface area contributed by atoms with Crippen LogP contribution in [0.2, 0.25) is 0 Å². The Morgan fingerprint density at radius 3 is 2.50 bits per heavy atom. The molecular weight excluding hydrogens is 350 g/mol. The van der Waals surface area contributed by atoms with Crippen molar-refractivity contribution in [2.24, 2.45) is 5.92 Å². The number of nitrogens with zero attached hydrogens (tertiary/aromatic N) is 2. The molecule has 0 radical (unpaired) electrons. The average Bonchev–Trinajstić information content (AvgIpc) is 2.87. The van der Waals surface area contributed by atoms with Crippen LogP contribution in [0.25, 0.3) is 0 Å². The molecule has 0 saturated heterocycles. The first kappa shape index (κ1) is 18.6. The van der Waals surface area contributed by atoms with Gasteiger partial charge in [0.2, 0.25) is 5.91 Å². The van der Waals surface area contributed by atoms with Crippen LogP contribution in [0, 0.1) is 12.8 Å². The van der Waals surface area contributed by atoms with E-state index in [1.165, 1.54) is 6.26 Å². The second-order valence-electron chi connectivity index (χ2n) is 7.40. The van der Waals surface area contributed by atoms with Crippen molar-refractivity contribution < 1.29 is 13.2 Å². The predicted octanol–water partition coefficient (Wildman–Crippen LogP) is 3.12. The minimum atomic E-state index is -3.24. The molecule has 1 aliphatic rings. The highest BCUT2D eigenvalue weighted by molar-refractivity contribution is 7.90.